The Kier molecular flexibility index (Phi) is 4.33. The van der Waals surface area contributed by atoms with Gasteiger partial charge in [0.05, 0.1) is 6.07 Å². The Hall–Kier alpha value is -1.86. The number of hydrogen-bond donors (Lipinski definition) is 1. The molecule has 102 valence electrons. The second kappa shape index (κ2) is 5.41. The van der Waals surface area contributed by atoms with Gasteiger partial charge in [-0.2, -0.15) is 5.26 Å². The summed E-state index contributed by atoms with van der Waals surface area (Å²) in [5.41, 5.74) is 2.43. The predicted octanol–water partition coefficient (Wildman–Crippen LogP) is 2.73. The molecule has 1 N–H and O–H groups in total. The lowest BCUT2D eigenvalue weighted by molar-refractivity contribution is 0.0342. The molecule has 19 heavy (non-hydrogen) atoms. The molecule has 0 aliphatic carbocycles. The molecule has 0 atom stereocenters. The van der Waals surface area contributed by atoms with Gasteiger partial charge in [0.1, 0.15) is 5.54 Å². The zero-order valence-corrected chi connectivity index (χ0v) is 12.2. The van der Waals surface area contributed by atoms with Crippen LogP contribution in [-0.4, -0.2) is 22.0 Å². The van der Waals surface area contributed by atoms with E-state index in [1.807, 2.05) is 39.0 Å². The van der Waals surface area contributed by atoms with E-state index in [4.69, 9.17) is 0 Å². The molecule has 1 amide bonds. The van der Waals surface area contributed by atoms with Crippen LogP contribution in [0.2, 0.25) is 0 Å². The fraction of sp³-hybridized carbons (Fsp3) is 0.467. The molecular formula is C15H21N3O. The zero-order valence-electron chi connectivity index (χ0n) is 12.2. The van der Waals surface area contributed by atoms with Crippen LogP contribution in [0.25, 0.3) is 0 Å². The van der Waals surface area contributed by atoms with E-state index >= 15 is 0 Å². The van der Waals surface area contributed by atoms with E-state index < -0.39 is 5.54 Å². The van der Waals surface area contributed by atoms with Gasteiger partial charge in [-0.25, -0.2) is 5.43 Å². The van der Waals surface area contributed by atoms with Crippen LogP contribution in [0.4, 0.5) is 0 Å². The van der Waals surface area contributed by atoms with Crippen LogP contribution in [0.5, 0.6) is 0 Å². The molecule has 4 heteroatoms. The molecule has 0 saturated carbocycles. The van der Waals surface area contributed by atoms with Gasteiger partial charge < -0.3 is 0 Å². The van der Waals surface area contributed by atoms with Crippen molar-refractivity contribution in [2.45, 2.75) is 45.7 Å². The van der Waals surface area contributed by atoms with Crippen molar-refractivity contribution in [2.24, 2.45) is 0 Å². The van der Waals surface area contributed by atoms with E-state index in [9.17, 15) is 10.1 Å². The molecule has 0 spiro atoms. The van der Waals surface area contributed by atoms with Gasteiger partial charge in [0.25, 0.3) is 5.91 Å². The lowest BCUT2D eigenvalue weighted by atomic mass is 10.0. The standard InChI is InChI=1S/C15H21N3O/c1-14(2,3)17-18(15(4,5)11-16)13(19)12-9-7-6-8-10-12/h6-10,17H,1-5H3. The summed E-state index contributed by atoms with van der Waals surface area (Å²) < 4.78 is 0. The van der Waals surface area contributed by atoms with Crippen molar-refractivity contribution in [3.63, 3.8) is 0 Å². The Morgan fingerprint density at radius 3 is 2.11 bits per heavy atom. The van der Waals surface area contributed by atoms with Gasteiger partial charge >= 0.3 is 0 Å². The highest BCUT2D eigenvalue weighted by Gasteiger charge is 2.34. The van der Waals surface area contributed by atoms with Crippen molar-refractivity contribution in [3.8, 4) is 6.07 Å². The molecule has 1 rings (SSSR count). The molecule has 4 nitrogen and oxygen atoms in total. The fourth-order valence-corrected chi connectivity index (χ4v) is 1.54. The zero-order chi connectivity index (χ0) is 14.7. The van der Waals surface area contributed by atoms with E-state index in [1.54, 1.807) is 26.0 Å². The summed E-state index contributed by atoms with van der Waals surface area (Å²) in [6, 6.07) is 11.1. The van der Waals surface area contributed by atoms with E-state index in [1.165, 1.54) is 5.01 Å². The molecule has 0 bridgehead atoms. The number of hydrogen-bond acceptors (Lipinski definition) is 3. The topological polar surface area (TPSA) is 56.1 Å². The summed E-state index contributed by atoms with van der Waals surface area (Å²) in [5.74, 6) is -0.206. The Morgan fingerprint density at radius 1 is 1.16 bits per heavy atom. The first-order valence-corrected chi connectivity index (χ1v) is 6.26. The van der Waals surface area contributed by atoms with Gasteiger partial charge in [0.2, 0.25) is 0 Å². The summed E-state index contributed by atoms with van der Waals surface area (Å²) in [5, 5.41) is 10.7. The third-order valence-corrected chi connectivity index (χ3v) is 2.50. The third-order valence-electron chi connectivity index (χ3n) is 2.50. The summed E-state index contributed by atoms with van der Waals surface area (Å²) in [6.45, 7) is 9.28. The quantitative estimate of drug-likeness (QED) is 0.849. The molecule has 0 heterocycles. The van der Waals surface area contributed by atoms with Gasteiger partial charge in [0, 0.05) is 11.1 Å². The van der Waals surface area contributed by atoms with Crippen molar-refractivity contribution >= 4 is 5.91 Å². The Bertz CT molecular complexity index is 480. The lowest BCUT2D eigenvalue weighted by Crippen LogP contribution is -2.60. The molecule has 0 fully saturated rings. The van der Waals surface area contributed by atoms with Crippen LogP contribution in [0.15, 0.2) is 30.3 Å². The monoisotopic (exact) mass is 259 g/mol. The maximum absolute atomic E-state index is 12.5. The minimum atomic E-state index is -0.930. The van der Waals surface area contributed by atoms with Crippen molar-refractivity contribution in [1.29, 1.82) is 5.26 Å². The molecule has 1 aromatic rings. The molecule has 0 saturated heterocycles. The van der Waals surface area contributed by atoms with Gasteiger partial charge in [-0.05, 0) is 46.8 Å². The van der Waals surface area contributed by atoms with E-state index in [0.717, 1.165) is 0 Å². The number of nitriles is 1. The molecule has 0 radical (unpaired) electrons. The summed E-state index contributed by atoms with van der Waals surface area (Å²) in [7, 11) is 0. The lowest BCUT2D eigenvalue weighted by Gasteiger charge is -2.38. The number of rotatable bonds is 3. The number of benzene rings is 1. The first-order chi connectivity index (χ1) is 8.67. The minimum Gasteiger partial charge on any atom is -0.268 e. The van der Waals surface area contributed by atoms with Crippen molar-refractivity contribution in [2.75, 3.05) is 0 Å². The molecule has 0 aliphatic rings. The highest BCUT2D eigenvalue weighted by Crippen LogP contribution is 2.17. The SMILES string of the molecule is CC(C)(C)NN(C(=O)c1ccccc1)C(C)(C)C#N. The number of carbonyl (C=O) groups is 1. The second-order valence-electron chi connectivity index (χ2n) is 6.04. The number of amides is 1. The number of hydrazine groups is 1. The van der Waals surface area contributed by atoms with Crippen LogP contribution < -0.4 is 5.43 Å². The Morgan fingerprint density at radius 2 is 1.68 bits per heavy atom. The molecule has 1 aromatic carbocycles. The maximum atomic E-state index is 12.5. The highest BCUT2D eigenvalue weighted by atomic mass is 16.2. The van der Waals surface area contributed by atoms with Crippen molar-refractivity contribution < 1.29 is 4.79 Å². The van der Waals surface area contributed by atoms with Gasteiger partial charge in [-0.1, -0.05) is 18.2 Å². The predicted molar refractivity (Wildman–Crippen MR) is 75.2 cm³/mol. The van der Waals surface area contributed by atoms with Gasteiger partial charge in [0.15, 0.2) is 0 Å². The number of nitrogens with one attached hydrogen (secondary N) is 1. The van der Waals surface area contributed by atoms with E-state index in [-0.39, 0.29) is 11.4 Å². The maximum Gasteiger partial charge on any atom is 0.269 e. The van der Waals surface area contributed by atoms with Crippen LogP contribution in [-0.2, 0) is 0 Å². The van der Waals surface area contributed by atoms with Crippen molar-refractivity contribution in [1.82, 2.24) is 10.4 Å². The highest BCUT2D eigenvalue weighted by molar-refractivity contribution is 5.94. The minimum absolute atomic E-state index is 0.206. The van der Waals surface area contributed by atoms with Gasteiger partial charge in [-0.15, -0.1) is 0 Å². The fourth-order valence-electron chi connectivity index (χ4n) is 1.54. The summed E-state index contributed by atoms with van der Waals surface area (Å²) >= 11 is 0. The van der Waals surface area contributed by atoms with Crippen molar-refractivity contribution in [3.05, 3.63) is 35.9 Å². The van der Waals surface area contributed by atoms with Crippen LogP contribution in [0.3, 0.4) is 0 Å². The summed E-state index contributed by atoms with van der Waals surface area (Å²) in [4.78, 5) is 12.5. The molecule has 0 aliphatic heterocycles. The van der Waals surface area contributed by atoms with E-state index in [2.05, 4.69) is 11.5 Å². The van der Waals surface area contributed by atoms with Crippen LogP contribution in [0, 0.1) is 11.3 Å². The van der Waals surface area contributed by atoms with E-state index in [0.29, 0.717) is 5.56 Å². The Balaban J connectivity index is 3.12. The molecular weight excluding hydrogens is 238 g/mol. The molecule has 0 unspecified atom stereocenters. The largest absolute Gasteiger partial charge is 0.269 e. The smallest absolute Gasteiger partial charge is 0.268 e. The van der Waals surface area contributed by atoms with Gasteiger partial charge in [-0.3, -0.25) is 9.80 Å². The Labute approximate surface area is 115 Å². The summed E-state index contributed by atoms with van der Waals surface area (Å²) in [6.07, 6.45) is 0. The van der Waals surface area contributed by atoms with Crippen LogP contribution in [0.1, 0.15) is 45.0 Å². The number of carbonyl (C=O) groups excluding carboxylic acids is 1. The first kappa shape index (κ1) is 15.2. The first-order valence-electron chi connectivity index (χ1n) is 6.26. The normalized spacial score (nSPS) is 11.8. The molecule has 0 aromatic heterocycles. The third kappa shape index (κ3) is 4.08. The average molecular weight is 259 g/mol. The number of nitrogens with zero attached hydrogens (tertiary/aromatic N) is 2. The van der Waals surface area contributed by atoms with Crippen LogP contribution >= 0.6 is 0 Å². The average Bonchev–Trinajstić information content (AvgIpc) is 2.35. The second-order valence-corrected chi connectivity index (χ2v) is 6.04.